The van der Waals surface area contributed by atoms with Crippen molar-refractivity contribution in [1.82, 2.24) is 9.88 Å². The second kappa shape index (κ2) is 9.11. The molecule has 0 saturated carbocycles. The van der Waals surface area contributed by atoms with Crippen molar-refractivity contribution >= 4 is 22.5 Å². The van der Waals surface area contributed by atoms with Crippen LogP contribution in [0.4, 0.5) is 10.1 Å². The van der Waals surface area contributed by atoms with Gasteiger partial charge >= 0.3 is 0 Å². The Kier molecular flexibility index (Phi) is 6.12. The number of nitrogens with zero attached hydrogens (tertiary/aromatic N) is 2. The number of benzene rings is 2. The normalized spacial score (nSPS) is 14.0. The lowest BCUT2D eigenvalue weighted by Crippen LogP contribution is -2.36. The zero-order chi connectivity index (χ0) is 20.9. The Morgan fingerprint density at radius 2 is 1.90 bits per heavy atom. The van der Waals surface area contributed by atoms with E-state index in [9.17, 15) is 9.18 Å². The number of piperidine rings is 1. The van der Waals surface area contributed by atoms with Gasteiger partial charge in [0.1, 0.15) is 11.6 Å². The van der Waals surface area contributed by atoms with E-state index >= 15 is 0 Å². The largest absolute Gasteiger partial charge is 0.494 e. The first-order valence-corrected chi connectivity index (χ1v) is 10.5. The molecule has 1 N–H and O–H groups in total. The number of ether oxygens (including phenoxy) is 1. The summed E-state index contributed by atoms with van der Waals surface area (Å²) in [5.41, 5.74) is 2.81. The lowest BCUT2D eigenvalue weighted by Gasteiger charge is -2.27. The molecule has 1 saturated heterocycles. The summed E-state index contributed by atoms with van der Waals surface area (Å²) in [6.07, 6.45) is 4.78. The van der Waals surface area contributed by atoms with Crippen LogP contribution in [0.3, 0.4) is 0 Å². The molecule has 4 rings (SSSR count). The Labute approximate surface area is 175 Å². The first kappa shape index (κ1) is 20.1. The number of fused-ring (bicyclic) bond motifs is 1. The van der Waals surface area contributed by atoms with Crippen molar-refractivity contribution in [3.8, 4) is 5.75 Å². The van der Waals surface area contributed by atoms with Gasteiger partial charge in [0.2, 0.25) is 0 Å². The topological polar surface area (TPSA) is 54.5 Å². The van der Waals surface area contributed by atoms with E-state index in [0.29, 0.717) is 35.3 Å². The molecule has 5 nitrogen and oxygen atoms in total. The molecule has 2 heterocycles. The van der Waals surface area contributed by atoms with Gasteiger partial charge in [-0.3, -0.25) is 9.78 Å². The van der Waals surface area contributed by atoms with Crippen LogP contribution in [0, 0.1) is 5.82 Å². The summed E-state index contributed by atoms with van der Waals surface area (Å²) in [4.78, 5) is 19.5. The van der Waals surface area contributed by atoms with E-state index in [4.69, 9.17) is 4.74 Å². The first-order chi connectivity index (χ1) is 14.7. The summed E-state index contributed by atoms with van der Waals surface area (Å²) in [5.74, 6) is 0.414. The highest BCUT2D eigenvalue weighted by Gasteiger charge is 2.23. The Hall–Kier alpha value is -3.15. The zero-order valence-corrected chi connectivity index (χ0v) is 17.2. The van der Waals surface area contributed by atoms with Gasteiger partial charge in [0, 0.05) is 31.2 Å². The Balaban J connectivity index is 1.66. The first-order valence-electron chi connectivity index (χ1n) is 10.5. The van der Waals surface area contributed by atoms with Gasteiger partial charge in [-0.15, -0.1) is 0 Å². The second-order valence-corrected chi connectivity index (χ2v) is 7.49. The Morgan fingerprint density at radius 1 is 1.13 bits per heavy atom. The van der Waals surface area contributed by atoms with Crippen molar-refractivity contribution in [3.05, 3.63) is 65.6 Å². The van der Waals surface area contributed by atoms with Gasteiger partial charge < -0.3 is 15.0 Å². The molecule has 0 aliphatic carbocycles. The van der Waals surface area contributed by atoms with Crippen molar-refractivity contribution in [2.45, 2.75) is 32.7 Å². The molecule has 0 radical (unpaired) electrons. The molecule has 0 unspecified atom stereocenters. The number of hydrogen-bond donors (Lipinski definition) is 1. The molecular formula is C24H26FN3O2. The van der Waals surface area contributed by atoms with E-state index in [-0.39, 0.29) is 11.7 Å². The maximum atomic E-state index is 14.0. The molecule has 30 heavy (non-hydrogen) atoms. The lowest BCUT2D eigenvalue weighted by atomic mass is 10.1. The van der Waals surface area contributed by atoms with Gasteiger partial charge in [0.15, 0.2) is 0 Å². The average molecular weight is 407 g/mol. The second-order valence-electron chi connectivity index (χ2n) is 7.49. The number of halogens is 1. The Morgan fingerprint density at radius 3 is 2.63 bits per heavy atom. The van der Waals surface area contributed by atoms with Gasteiger partial charge in [-0.25, -0.2) is 4.39 Å². The minimum atomic E-state index is -0.351. The monoisotopic (exact) mass is 407 g/mol. The van der Waals surface area contributed by atoms with Crippen LogP contribution in [0.25, 0.3) is 10.9 Å². The number of carbonyl (C=O) groups is 1. The molecule has 1 aliphatic heterocycles. The van der Waals surface area contributed by atoms with E-state index < -0.39 is 0 Å². The quantitative estimate of drug-likeness (QED) is 0.624. The molecule has 6 heteroatoms. The van der Waals surface area contributed by atoms with Crippen LogP contribution in [0.5, 0.6) is 5.75 Å². The highest BCUT2D eigenvalue weighted by atomic mass is 19.1. The molecule has 0 spiro atoms. The fourth-order valence-electron chi connectivity index (χ4n) is 3.85. The van der Waals surface area contributed by atoms with Crippen LogP contribution < -0.4 is 10.1 Å². The van der Waals surface area contributed by atoms with Gasteiger partial charge in [-0.2, -0.15) is 0 Å². The molecular weight excluding hydrogens is 381 g/mol. The third-order valence-corrected chi connectivity index (χ3v) is 5.41. The van der Waals surface area contributed by atoms with Gasteiger partial charge in [0.05, 0.1) is 23.4 Å². The highest BCUT2D eigenvalue weighted by Crippen LogP contribution is 2.29. The maximum Gasteiger partial charge on any atom is 0.257 e. The molecule has 1 aromatic heterocycles. The molecule has 156 valence electrons. The average Bonchev–Trinajstić information content (AvgIpc) is 2.78. The van der Waals surface area contributed by atoms with Crippen LogP contribution in [0.15, 0.2) is 48.7 Å². The lowest BCUT2D eigenvalue weighted by molar-refractivity contribution is 0.0725. The van der Waals surface area contributed by atoms with E-state index in [1.807, 2.05) is 36.1 Å². The van der Waals surface area contributed by atoms with E-state index in [1.165, 1.54) is 12.1 Å². The Bertz CT molecular complexity index is 1030. The number of pyridine rings is 1. The number of hydrogen-bond acceptors (Lipinski definition) is 4. The predicted molar refractivity (Wildman–Crippen MR) is 116 cm³/mol. The number of rotatable bonds is 6. The highest BCUT2D eigenvalue weighted by molar-refractivity contribution is 6.07. The molecule has 1 amide bonds. The smallest absolute Gasteiger partial charge is 0.257 e. The van der Waals surface area contributed by atoms with E-state index in [0.717, 1.165) is 43.7 Å². The molecule has 3 aromatic rings. The van der Waals surface area contributed by atoms with Crippen LogP contribution in [-0.2, 0) is 6.54 Å². The van der Waals surface area contributed by atoms with Crippen LogP contribution in [-0.4, -0.2) is 35.5 Å². The minimum absolute atomic E-state index is 0.0532. The van der Waals surface area contributed by atoms with E-state index in [2.05, 4.69) is 10.3 Å². The summed E-state index contributed by atoms with van der Waals surface area (Å²) in [5, 5.41) is 3.99. The number of likely N-dealkylation sites (tertiary alicyclic amines) is 1. The number of carbonyl (C=O) groups excluding carboxylic acids is 1. The third-order valence-electron chi connectivity index (χ3n) is 5.41. The van der Waals surface area contributed by atoms with Gasteiger partial charge in [-0.05, 0) is 62.1 Å². The number of amides is 1. The minimum Gasteiger partial charge on any atom is -0.494 e. The van der Waals surface area contributed by atoms with Crippen LogP contribution >= 0.6 is 0 Å². The number of aromatic nitrogens is 1. The summed E-state index contributed by atoms with van der Waals surface area (Å²) in [6.45, 7) is 4.57. The fourth-order valence-corrected chi connectivity index (χ4v) is 3.85. The SMILES string of the molecule is CCOc1ccc(CNc2c(C(=O)N3CCCCC3)cnc3ccc(F)cc23)cc1. The van der Waals surface area contributed by atoms with Crippen molar-refractivity contribution in [1.29, 1.82) is 0 Å². The molecule has 0 bridgehead atoms. The standard InChI is InChI=1S/C24H26FN3O2/c1-2-30-19-9-6-17(7-10-19)15-27-23-20-14-18(25)8-11-22(20)26-16-21(23)24(29)28-12-4-3-5-13-28/h6-11,14,16H,2-5,12-13,15H2,1H3,(H,26,27). The molecule has 2 aromatic carbocycles. The predicted octanol–water partition coefficient (Wildman–Crippen LogP) is 5.01. The number of anilines is 1. The fraction of sp³-hybridized carbons (Fsp3) is 0.333. The van der Waals surface area contributed by atoms with Gasteiger partial charge in [-0.1, -0.05) is 12.1 Å². The van der Waals surface area contributed by atoms with Crippen molar-refractivity contribution in [3.63, 3.8) is 0 Å². The van der Waals surface area contributed by atoms with E-state index in [1.54, 1.807) is 12.3 Å². The third kappa shape index (κ3) is 4.37. The maximum absolute atomic E-state index is 14.0. The zero-order valence-electron chi connectivity index (χ0n) is 17.2. The van der Waals surface area contributed by atoms with Crippen molar-refractivity contribution in [2.24, 2.45) is 0 Å². The number of nitrogens with one attached hydrogen (secondary N) is 1. The van der Waals surface area contributed by atoms with Crippen molar-refractivity contribution < 1.29 is 13.9 Å². The summed E-state index contributed by atoms with van der Waals surface area (Å²) in [7, 11) is 0. The van der Waals surface area contributed by atoms with Crippen LogP contribution in [0.2, 0.25) is 0 Å². The molecule has 1 fully saturated rings. The molecule has 1 aliphatic rings. The summed E-state index contributed by atoms with van der Waals surface area (Å²) in [6, 6.07) is 12.3. The van der Waals surface area contributed by atoms with Crippen molar-refractivity contribution in [2.75, 3.05) is 25.0 Å². The summed E-state index contributed by atoms with van der Waals surface area (Å²) < 4.78 is 19.5. The summed E-state index contributed by atoms with van der Waals surface area (Å²) >= 11 is 0. The molecule has 0 atom stereocenters. The van der Waals surface area contributed by atoms with Gasteiger partial charge in [0.25, 0.3) is 5.91 Å². The van der Waals surface area contributed by atoms with Crippen LogP contribution in [0.1, 0.15) is 42.1 Å².